The maximum atomic E-state index is 13.5. The molecule has 0 aliphatic heterocycles. The summed E-state index contributed by atoms with van der Waals surface area (Å²) in [5, 5.41) is 4.26. The molecular formula is C19H12F4N4. The highest BCUT2D eigenvalue weighted by molar-refractivity contribution is 5.80. The van der Waals surface area contributed by atoms with Crippen molar-refractivity contribution in [1.29, 1.82) is 0 Å². The van der Waals surface area contributed by atoms with Crippen LogP contribution in [0.1, 0.15) is 17.6 Å². The minimum absolute atomic E-state index is 0.341. The van der Waals surface area contributed by atoms with Crippen molar-refractivity contribution in [2.75, 3.05) is 0 Å². The molecule has 4 aromatic rings. The number of benzene rings is 1. The number of hydrogen-bond donors (Lipinski definition) is 0. The Bertz CT molecular complexity index is 1110. The zero-order valence-corrected chi connectivity index (χ0v) is 13.8. The Labute approximate surface area is 151 Å². The molecule has 0 radical (unpaired) electrons. The Morgan fingerprint density at radius 3 is 2.48 bits per heavy atom. The molecule has 136 valence electrons. The van der Waals surface area contributed by atoms with Gasteiger partial charge in [-0.2, -0.15) is 9.49 Å². The van der Waals surface area contributed by atoms with Crippen molar-refractivity contribution in [1.82, 2.24) is 19.7 Å². The molecule has 0 saturated carbocycles. The Kier molecular flexibility index (Phi) is 4.31. The molecule has 0 saturated heterocycles. The molecule has 1 aromatic carbocycles. The normalized spacial score (nSPS) is 11.4. The van der Waals surface area contributed by atoms with Gasteiger partial charge in [-0.05, 0) is 35.4 Å². The van der Waals surface area contributed by atoms with Gasteiger partial charge >= 0.3 is 0 Å². The third-order valence-corrected chi connectivity index (χ3v) is 4.18. The van der Waals surface area contributed by atoms with Crippen molar-refractivity contribution < 1.29 is 17.6 Å². The van der Waals surface area contributed by atoms with Crippen LogP contribution in [0.4, 0.5) is 17.6 Å². The third-order valence-electron chi connectivity index (χ3n) is 4.18. The van der Waals surface area contributed by atoms with Crippen LogP contribution in [0.5, 0.6) is 0 Å². The minimum Gasteiger partial charge on any atom is -0.259 e. The van der Waals surface area contributed by atoms with Crippen LogP contribution in [0, 0.1) is 11.8 Å². The first-order chi connectivity index (χ1) is 13.0. The molecule has 0 aliphatic carbocycles. The van der Waals surface area contributed by atoms with E-state index >= 15 is 0 Å². The molecule has 3 aromatic heterocycles. The van der Waals surface area contributed by atoms with Crippen LogP contribution in [-0.4, -0.2) is 19.7 Å². The molecule has 0 bridgehead atoms. The highest BCUT2D eigenvalue weighted by Crippen LogP contribution is 2.29. The van der Waals surface area contributed by atoms with Gasteiger partial charge in [0, 0.05) is 18.0 Å². The largest absolute Gasteiger partial charge is 0.266 e. The number of rotatable bonds is 4. The Morgan fingerprint density at radius 1 is 0.889 bits per heavy atom. The Hall–Kier alpha value is -3.29. The fourth-order valence-corrected chi connectivity index (χ4v) is 2.80. The molecule has 0 unspecified atom stereocenters. The summed E-state index contributed by atoms with van der Waals surface area (Å²) in [5.74, 6) is -1.52. The van der Waals surface area contributed by atoms with Crippen LogP contribution in [0.15, 0.2) is 55.0 Å². The first-order valence-corrected chi connectivity index (χ1v) is 8.01. The van der Waals surface area contributed by atoms with Crippen LogP contribution in [0.2, 0.25) is 0 Å². The van der Waals surface area contributed by atoms with Crippen molar-refractivity contribution in [2.45, 2.75) is 13.0 Å². The summed E-state index contributed by atoms with van der Waals surface area (Å²) in [4.78, 5) is 7.90. The Balaban J connectivity index is 1.74. The lowest BCUT2D eigenvalue weighted by molar-refractivity contribution is 0.146. The molecule has 0 aliphatic rings. The van der Waals surface area contributed by atoms with Gasteiger partial charge in [0.25, 0.3) is 6.43 Å². The number of alkyl halides is 2. The van der Waals surface area contributed by atoms with Crippen molar-refractivity contribution in [2.24, 2.45) is 0 Å². The first-order valence-electron chi connectivity index (χ1n) is 8.01. The summed E-state index contributed by atoms with van der Waals surface area (Å²) >= 11 is 0. The van der Waals surface area contributed by atoms with Crippen LogP contribution in [0.3, 0.4) is 0 Å². The van der Waals surface area contributed by atoms with Gasteiger partial charge in [-0.15, -0.1) is 0 Å². The number of nitrogens with zero attached hydrogens (tertiary/aromatic N) is 4. The van der Waals surface area contributed by atoms with E-state index in [0.717, 1.165) is 17.7 Å². The standard InChI is InChI=1S/C19H12F4N4/c20-15-3-2-12(5-14(15)19(22)23)13-6-17-16(24-8-13)9-26-27(17)10-11-1-4-18(21)25-7-11/h1-9,19H,10H2. The average molecular weight is 372 g/mol. The Morgan fingerprint density at radius 2 is 1.74 bits per heavy atom. The monoisotopic (exact) mass is 372 g/mol. The molecule has 3 heterocycles. The quantitative estimate of drug-likeness (QED) is 0.383. The zero-order chi connectivity index (χ0) is 19.0. The van der Waals surface area contributed by atoms with Crippen LogP contribution < -0.4 is 0 Å². The number of fused-ring (bicyclic) bond motifs is 1. The van der Waals surface area contributed by atoms with Gasteiger partial charge in [-0.1, -0.05) is 12.1 Å². The lowest BCUT2D eigenvalue weighted by atomic mass is 10.0. The van der Waals surface area contributed by atoms with Crippen molar-refractivity contribution in [3.05, 3.63) is 77.9 Å². The fraction of sp³-hybridized carbons (Fsp3) is 0.105. The molecule has 0 amide bonds. The van der Waals surface area contributed by atoms with Gasteiger partial charge in [0.1, 0.15) is 11.3 Å². The number of halogens is 4. The second-order valence-corrected chi connectivity index (χ2v) is 5.96. The van der Waals surface area contributed by atoms with E-state index in [-0.39, 0.29) is 0 Å². The molecule has 0 fully saturated rings. The predicted molar refractivity (Wildman–Crippen MR) is 91.2 cm³/mol. The zero-order valence-electron chi connectivity index (χ0n) is 13.8. The van der Waals surface area contributed by atoms with Crippen molar-refractivity contribution in [3.8, 4) is 11.1 Å². The molecule has 0 atom stereocenters. The van der Waals surface area contributed by atoms with Crippen LogP contribution in [0.25, 0.3) is 22.2 Å². The summed E-state index contributed by atoms with van der Waals surface area (Å²) in [6.07, 6.45) is 1.61. The fourth-order valence-electron chi connectivity index (χ4n) is 2.80. The second-order valence-electron chi connectivity index (χ2n) is 5.96. The van der Waals surface area contributed by atoms with Gasteiger partial charge in [-0.25, -0.2) is 18.2 Å². The summed E-state index contributed by atoms with van der Waals surface area (Å²) in [6.45, 7) is 0.341. The maximum Gasteiger partial charge on any atom is 0.266 e. The first kappa shape index (κ1) is 17.1. The average Bonchev–Trinajstić information content (AvgIpc) is 3.06. The van der Waals surface area contributed by atoms with E-state index in [1.807, 2.05) is 0 Å². The number of pyridine rings is 2. The summed E-state index contributed by atoms with van der Waals surface area (Å²) in [7, 11) is 0. The number of aromatic nitrogens is 4. The lowest BCUT2D eigenvalue weighted by Crippen LogP contribution is -2.02. The maximum absolute atomic E-state index is 13.5. The molecule has 4 nitrogen and oxygen atoms in total. The molecule has 0 spiro atoms. The molecule has 4 rings (SSSR count). The van der Waals surface area contributed by atoms with E-state index in [9.17, 15) is 17.6 Å². The third kappa shape index (κ3) is 3.38. The van der Waals surface area contributed by atoms with E-state index in [4.69, 9.17) is 0 Å². The number of hydrogen-bond acceptors (Lipinski definition) is 3. The van der Waals surface area contributed by atoms with Gasteiger partial charge in [-0.3, -0.25) is 9.67 Å². The van der Waals surface area contributed by atoms with E-state index in [0.29, 0.717) is 28.7 Å². The molecule has 8 heteroatoms. The van der Waals surface area contributed by atoms with E-state index in [1.165, 1.54) is 24.5 Å². The summed E-state index contributed by atoms with van der Waals surface area (Å²) < 4.78 is 54.1. The molecular weight excluding hydrogens is 360 g/mol. The highest BCUT2D eigenvalue weighted by atomic mass is 19.3. The van der Waals surface area contributed by atoms with Gasteiger partial charge < -0.3 is 0 Å². The highest BCUT2D eigenvalue weighted by Gasteiger charge is 2.15. The van der Waals surface area contributed by atoms with Crippen molar-refractivity contribution >= 4 is 11.0 Å². The van der Waals surface area contributed by atoms with Gasteiger partial charge in [0.05, 0.1) is 23.8 Å². The van der Waals surface area contributed by atoms with Crippen LogP contribution >= 0.6 is 0 Å². The lowest BCUT2D eigenvalue weighted by Gasteiger charge is -2.08. The minimum atomic E-state index is -2.90. The molecule has 27 heavy (non-hydrogen) atoms. The van der Waals surface area contributed by atoms with Crippen molar-refractivity contribution in [3.63, 3.8) is 0 Å². The van der Waals surface area contributed by atoms with E-state index in [1.54, 1.807) is 23.0 Å². The summed E-state index contributed by atoms with van der Waals surface area (Å²) in [6, 6.07) is 8.16. The predicted octanol–water partition coefficient (Wildman–Crippen LogP) is 4.76. The van der Waals surface area contributed by atoms with E-state index in [2.05, 4.69) is 15.1 Å². The topological polar surface area (TPSA) is 43.6 Å². The summed E-state index contributed by atoms with van der Waals surface area (Å²) in [5.41, 5.74) is 2.36. The van der Waals surface area contributed by atoms with Crippen LogP contribution in [-0.2, 0) is 6.54 Å². The molecule has 0 N–H and O–H groups in total. The van der Waals surface area contributed by atoms with Gasteiger partial charge in [0.2, 0.25) is 5.95 Å². The van der Waals surface area contributed by atoms with Gasteiger partial charge in [0.15, 0.2) is 0 Å². The second kappa shape index (κ2) is 6.79. The van der Waals surface area contributed by atoms with E-state index < -0.39 is 23.8 Å². The smallest absolute Gasteiger partial charge is 0.259 e. The SMILES string of the molecule is Fc1ccc(Cn2ncc3ncc(-c4ccc(F)c(C(F)F)c4)cc32)cn1.